The molecule has 7 heteroatoms. The highest BCUT2D eigenvalue weighted by molar-refractivity contribution is 6.30. The topological polar surface area (TPSA) is 65.2 Å². The Morgan fingerprint density at radius 2 is 2.29 bits per heavy atom. The second-order valence-corrected chi connectivity index (χ2v) is 3.55. The summed E-state index contributed by atoms with van der Waals surface area (Å²) in [5.41, 5.74) is 5.23. The van der Waals surface area contributed by atoms with Gasteiger partial charge in [0.25, 0.3) is 6.43 Å². The van der Waals surface area contributed by atoms with Crippen LogP contribution >= 0.6 is 11.6 Å². The predicted octanol–water partition coefficient (Wildman–Crippen LogP) is 2.36. The van der Waals surface area contributed by atoms with Gasteiger partial charge in [-0.3, -0.25) is 4.79 Å². The Kier molecular flexibility index (Phi) is 4.62. The van der Waals surface area contributed by atoms with E-state index < -0.39 is 18.0 Å². The zero-order chi connectivity index (χ0) is 13.0. The first-order valence-corrected chi connectivity index (χ1v) is 5.22. The van der Waals surface area contributed by atoms with Crippen molar-refractivity contribution in [3.05, 3.63) is 22.3 Å². The van der Waals surface area contributed by atoms with Gasteiger partial charge in [0.15, 0.2) is 0 Å². The van der Waals surface area contributed by atoms with Crippen LogP contribution in [-0.4, -0.2) is 17.6 Å². The molecule has 0 unspecified atom stereocenters. The lowest BCUT2D eigenvalue weighted by Gasteiger charge is -2.09. The molecule has 0 saturated carbocycles. The number of nitrogens with two attached hydrogens (primary N) is 1. The lowest BCUT2D eigenvalue weighted by Crippen LogP contribution is -2.11. The molecule has 0 amide bonds. The molecule has 0 aliphatic heterocycles. The maximum Gasteiger partial charge on any atom is 0.310 e. The van der Waals surface area contributed by atoms with E-state index in [0.29, 0.717) is 0 Å². The molecular formula is C10H11ClF2N2O2. The fourth-order valence-electron chi connectivity index (χ4n) is 1.23. The molecule has 0 aliphatic rings. The molecule has 17 heavy (non-hydrogen) atoms. The van der Waals surface area contributed by atoms with Crippen LogP contribution in [0.2, 0.25) is 5.15 Å². The molecule has 0 aliphatic carbocycles. The summed E-state index contributed by atoms with van der Waals surface area (Å²) >= 11 is 5.51. The van der Waals surface area contributed by atoms with Crippen LogP contribution in [0.15, 0.2) is 6.07 Å². The fraction of sp³-hybridized carbons (Fsp3) is 0.400. The van der Waals surface area contributed by atoms with Gasteiger partial charge in [0, 0.05) is 5.56 Å². The Bertz CT molecular complexity index is 427. The third-order valence-electron chi connectivity index (χ3n) is 1.99. The summed E-state index contributed by atoms with van der Waals surface area (Å²) in [4.78, 5) is 14.8. The molecular weight excluding hydrogens is 254 g/mol. The molecule has 1 rings (SSSR count). The van der Waals surface area contributed by atoms with Gasteiger partial charge in [-0.05, 0) is 13.0 Å². The van der Waals surface area contributed by atoms with Crippen LogP contribution < -0.4 is 5.73 Å². The minimum absolute atomic E-state index is 0.0487. The van der Waals surface area contributed by atoms with Crippen LogP contribution in [0.25, 0.3) is 0 Å². The number of rotatable bonds is 4. The molecule has 0 bridgehead atoms. The van der Waals surface area contributed by atoms with Gasteiger partial charge in [0.2, 0.25) is 0 Å². The molecule has 1 aromatic rings. The minimum Gasteiger partial charge on any atom is -0.466 e. The first-order chi connectivity index (χ1) is 7.95. The molecule has 1 aromatic heterocycles. The van der Waals surface area contributed by atoms with Crippen molar-refractivity contribution in [2.45, 2.75) is 19.8 Å². The van der Waals surface area contributed by atoms with E-state index in [9.17, 15) is 13.6 Å². The SMILES string of the molecule is CCOC(=O)Cc1cc(C(F)F)c(Cl)nc1N. The van der Waals surface area contributed by atoms with Crippen LogP contribution in [-0.2, 0) is 16.0 Å². The number of ether oxygens (including phenoxy) is 1. The third kappa shape index (κ3) is 3.52. The number of carbonyl (C=O) groups is 1. The molecule has 0 fully saturated rings. The number of anilines is 1. The van der Waals surface area contributed by atoms with E-state index in [1.54, 1.807) is 6.92 Å². The molecule has 0 radical (unpaired) electrons. The Morgan fingerprint density at radius 3 is 2.82 bits per heavy atom. The smallest absolute Gasteiger partial charge is 0.310 e. The third-order valence-corrected chi connectivity index (χ3v) is 2.29. The van der Waals surface area contributed by atoms with E-state index in [2.05, 4.69) is 9.72 Å². The number of nitrogen functional groups attached to an aromatic ring is 1. The largest absolute Gasteiger partial charge is 0.466 e. The van der Waals surface area contributed by atoms with E-state index in [-0.39, 0.29) is 29.6 Å². The van der Waals surface area contributed by atoms with Gasteiger partial charge in [-0.2, -0.15) is 0 Å². The van der Waals surface area contributed by atoms with Gasteiger partial charge in [-0.15, -0.1) is 0 Å². The summed E-state index contributed by atoms with van der Waals surface area (Å²) < 4.78 is 29.8. The summed E-state index contributed by atoms with van der Waals surface area (Å²) in [6.45, 7) is 1.85. The van der Waals surface area contributed by atoms with E-state index >= 15 is 0 Å². The molecule has 0 spiro atoms. The number of alkyl halides is 2. The van der Waals surface area contributed by atoms with E-state index in [1.165, 1.54) is 0 Å². The fourth-order valence-corrected chi connectivity index (χ4v) is 1.45. The molecule has 0 aromatic carbocycles. The quantitative estimate of drug-likeness (QED) is 0.670. The predicted molar refractivity (Wildman–Crippen MR) is 59.0 cm³/mol. The van der Waals surface area contributed by atoms with E-state index in [1.807, 2.05) is 0 Å². The molecule has 0 atom stereocenters. The van der Waals surface area contributed by atoms with Gasteiger partial charge in [0.05, 0.1) is 18.6 Å². The van der Waals surface area contributed by atoms with Crippen molar-refractivity contribution in [3.63, 3.8) is 0 Å². The molecule has 1 heterocycles. The van der Waals surface area contributed by atoms with Gasteiger partial charge in [-0.1, -0.05) is 11.6 Å². The summed E-state index contributed by atoms with van der Waals surface area (Å²) in [5, 5.41) is -0.356. The first kappa shape index (κ1) is 13.6. The standard InChI is InChI=1S/C10H11ClF2N2O2/c1-2-17-7(16)4-5-3-6(9(12)13)8(11)15-10(5)14/h3,9H,2,4H2,1H3,(H2,14,15). The maximum absolute atomic E-state index is 12.5. The Labute approximate surface area is 102 Å². The number of pyridine rings is 1. The number of carbonyl (C=O) groups excluding carboxylic acids is 1. The van der Waals surface area contributed by atoms with Crippen molar-refractivity contribution in [2.75, 3.05) is 12.3 Å². The highest BCUT2D eigenvalue weighted by Crippen LogP contribution is 2.28. The van der Waals surface area contributed by atoms with Crippen molar-refractivity contribution in [1.82, 2.24) is 4.98 Å². The van der Waals surface area contributed by atoms with Crippen LogP contribution in [0.1, 0.15) is 24.5 Å². The number of halogens is 3. The zero-order valence-electron chi connectivity index (χ0n) is 9.04. The van der Waals surface area contributed by atoms with Crippen LogP contribution in [0.4, 0.5) is 14.6 Å². The monoisotopic (exact) mass is 264 g/mol. The minimum atomic E-state index is -2.77. The van der Waals surface area contributed by atoms with Gasteiger partial charge >= 0.3 is 5.97 Å². The summed E-state index contributed by atoms with van der Waals surface area (Å²) in [7, 11) is 0. The molecule has 2 N–H and O–H groups in total. The van der Waals surface area contributed by atoms with Crippen molar-refractivity contribution < 1.29 is 18.3 Å². The van der Waals surface area contributed by atoms with Crippen molar-refractivity contribution in [2.24, 2.45) is 0 Å². The van der Waals surface area contributed by atoms with Crippen LogP contribution in [0.3, 0.4) is 0 Å². The average molecular weight is 265 g/mol. The van der Waals surface area contributed by atoms with Crippen LogP contribution in [0, 0.1) is 0 Å². The highest BCUT2D eigenvalue weighted by atomic mass is 35.5. The molecule has 94 valence electrons. The lowest BCUT2D eigenvalue weighted by atomic mass is 10.1. The summed E-state index contributed by atoms with van der Waals surface area (Å²) in [6.07, 6.45) is -2.97. The number of aromatic nitrogens is 1. The summed E-state index contributed by atoms with van der Waals surface area (Å²) in [6, 6.07) is 1.08. The molecule has 0 saturated heterocycles. The number of hydrogen-bond donors (Lipinski definition) is 1. The summed E-state index contributed by atoms with van der Waals surface area (Å²) in [5.74, 6) is -0.601. The lowest BCUT2D eigenvalue weighted by molar-refractivity contribution is -0.142. The van der Waals surface area contributed by atoms with Crippen molar-refractivity contribution in [1.29, 1.82) is 0 Å². The second-order valence-electron chi connectivity index (χ2n) is 3.20. The van der Waals surface area contributed by atoms with Crippen molar-refractivity contribution in [3.8, 4) is 0 Å². The Hall–Kier alpha value is -1.43. The maximum atomic E-state index is 12.5. The second kappa shape index (κ2) is 5.77. The van der Waals surface area contributed by atoms with Gasteiger partial charge in [0.1, 0.15) is 11.0 Å². The highest BCUT2D eigenvalue weighted by Gasteiger charge is 2.18. The normalized spacial score (nSPS) is 10.6. The van der Waals surface area contributed by atoms with Crippen LogP contribution in [0.5, 0.6) is 0 Å². The molecule has 4 nitrogen and oxygen atoms in total. The average Bonchev–Trinajstić information content (AvgIpc) is 2.21. The zero-order valence-corrected chi connectivity index (χ0v) is 9.80. The Morgan fingerprint density at radius 1 is 1.65 bits per heavy atom. The van der Waals surface area contributed by atoms with Gasteiger partial charge < -0.3 is 10.5 Å². The van der Waals surface area contributed by atoms with Crippen molar-refractivity contribution >= 4 is 23.4 Å². The number of hydrogen-bond acceptors (Lipinski definition) is 4. The van der Waals surface area contributed by atoms with Gasteiger partial charge in [-0.25, -0.2) is 13.8 Å². The number of esters is 1. The first-order valence-electron chi connectivity index (χ1n) is 4.84. The number of nitrogens with zero attached hydrogens (tertiary/aromatic N) is 1. The van der Waals surface area contributed by atoms with E-state index in [4.69, 9.17) is 17.3 Å². The Balaban J connectivity index is 2.99. The van der Waals surface area contributed by atoms with E-state index in [0.717, 1.165) is 6.07 Å².